The van der Waals surface area contributed by atoms with Crippen molar-refractivity contribution in [2.24, 2.45) is 0 Å². The Bertz CT molecular complexity index is 567. The van der Waals surface area contributed by atoms with Crippen LogP contribution in [0.2, 0.25) is 5.02 Å². The predicted molar refractivity (Wildman–Crippen MR) is 74.9 cm³/mol. The highest BCUT2D eigenvalue weighted by Gasteiger charge is 2.17. The van der Waals surface area contributed by atoms with Crippen LogP contribution in [0.25, 0.3) is 0 Å². The molecule has 1 aliphatic heterocycles. The fourth-order valence-corrected chi connectivity index (χ4v) is 2.43. The molecule has 5 nitrogen and oxygen atoms in total. The lowest BCUT2D eigenvalue weighted by Gasteiger charge is -2.21. The largest absolute Gasteiger partial charge is 0.375 e. The van der Waals surface area contributed by atoms with Gasteiger partial charge < -0.3 is 14.6 Å². The molecule has 20 heavy (non-hydrogen) atoms. The summed E-state index contributed by atoms with van der Waals surface area (Å²) >= 11 is 5.96. The molecule has 2 aromatic rings. The van der Waals surface area contributed by atoms with E-state index in [-0.39, 0.29) is 6.10 Å². The van der Waals surface area contributed by atoms with E-state index in [4.69, 9.17) is 20.9 Å². The number of hydrogen-bond donors (Lipinski definition) is 1. The summed E-state index contributed by atoms with van der Waals surface area (Å²) in [6.45, 7) is 2.46. The Kier molecular flexibility index (Phi) is 4.30. The van der Waals surface area contributed by atoms with Crippen molar-refractivity contribution in [1.82, 2.24) is 15.5 Å². The van der Waals surface area contributed by atoms with Gasteiger partial charge in [0.05, 0.1) is 19.1 Å². The van der Waals surface area contributed by atoms with Crippen molar-refractivity contribution >= 4 is 11.6 Å². The lowest BCUT2D eigenvalue weighted by atomic mass is 10.1. The van der Waals surface area contributed by atoms with E-state index in [0.717, 1.165) is 25.3 Å². The molecule has 1 aliphatic rings. The van der Waals surface area contributed by atoms with Gasteiger partial charge in [0.1, 0.15) is 0 Å². The number of nitrogens with one attached hydrogen (secondary N) is 1. The number of rotatable bonds is 4. The summed E-state index contributed by atoms with van der Waals surface area (Å²) in [6, 6.07) is 7.67. The first-order valence-electron chi connectivity index (χ1n) is 6.68. The molecule has 2 heterocycles. The van der Waals surface area contributed by atoms with Crippen molar-refractivity contribution in [2.75, 3.05) is 19.7 Å². The Labute approximate surface area is 122 Å². The average molecular weight is 294 g/mol. The van der Waals surface area contributed by atoms with Crippen molar-refractivity contribution in [3.05, 3.63) is 46.6 Å². The van der Waals surface area contributed by atoms with Gasteiger partial charge in [-0.25, -0.2) is 0 Å². The highest BCUT2D eigenvalue weighted by Crippen LogP contribution is 2.14. The molecule has 106 valence electrons. The van der Waals surface area contributed by atoms with E-state index in [1.165, 1.54) is 0 Å². The lowest BCUT2D eigenvalue weighted by Crippen LogP contribution is -2.39. The molecular weight excluding hydrogens is 278 g/mol. The second-order valence-corrected chi connectivity index (χ2v) is 5.25. The maximum atomic E-state index is 5.96. The summed E-state index contributed by atoms with van der Waals surface area (Å²) in [5.41, 5.74) is 1.07. The van der Waals surface area contributed by atoms with Crippen LogP contribution in [0.1, 0.15) is 17.3 Å². The van der Waals surface area contributed by atoms with Gasteiger partial charge in [-0.1, -0.05) is 28.9 Å². The summed E-state index contributed by atoms with van der Waals surface area (Å²) in [5.74, 6) is 1.29. The minimum atomic E-state index is 0.114. The third-order valence-electron chi connectivity index (χ3n) is 3.17. The van der Waals surface area contributed by atoms with Crippen molar-refractivity contribution in [2.45, 2.75) is 18.9 Å². The number of morpholine rings is 1. The van der Waals surface area contributed by atoms with E-state index in [9.17, 15) is 0 Å². The first-order chi connectivity index (χ1) is 9.79. The zero-order chi connectivity index (χ0) is 13.8. The normalized spacial score (nSPS) is 19.1. The van der Waals surface area contributed by atoms with E-state index in [1.807, 2.05) is 24.3 Å². The maximum Gasteiger partial charge on any atom is 0.229 e. The van der Waals surface area contributed by atoms with Gasteiger partial charge in [0.15, 0.2) is 5.82 Å². The van der Waals surface area contributed by atoms with Crippen LogP contribution in [-0.4, -0.2) is 35.9 Å². The molecular formula is C14H16ClN3O2. The van der Waals surface area contributed by atoms with Crippen LogP contribution in [0.4, 0.5) is 0 Å². The molecule has 1 atom stereocenters. The Morgan fingerprint density at radius 2 is 2.35 bits per heavy atom. The zero-order valence-corrected chi connectivity index (χ0v) is 11.8. The first kappa shape index (κ1) is 13.5. The SMILES string of the molecule is Clc1cccc(Cc2noc(CC3CNCCO3)n2)c1. The van der Waals surface area contributed by atoms with Crippen LogP contribution < -0.4 is 5.32 Å². The molecule has 6 heteroatoms. The smallest absolute Gasteiger partial charge is 0.229 e. The quantitative estimate of drug-likeness (QED) is 0.932. The second kappa shape index (κ2) is 6.35. The molecule has 1 fully saturated rings. The van der Waals surface area contributed by atoms with Gasteiger partial charge in [-0.15, -0.1) is 0 Å². The number of nitrogens with zero attached hydrogens (tertiary/aromatic N) is 2. The summed E-state index contributed by atoms with van der Waals surface area (Å²) in [4.78, 5) is 4.40. The summed E-state index contributed by atoms with van der Waals surface area (Å²) in [6.07, 6.45) is 1.38. The van der Waals surface area contributed by atoms with E-state index >= 15 is 0 Å². The Morgan fingerprint density at radius 1 is 1.40 bits per heavy atom. The summed E-state index contributed by atoms with van der Waals surface area (Å²) < 4.78 is 10.9. The van der Waals surface area contributed by atoms with Gasteiger partial charge in [-0.2, -0.15) is 4.98 Å². The highest BCUT2D eigenvalue weighted by atomic mass is 35.5. The van der Waals surface area contributed by atoms with Gasteiger partial charge in [-0.3, -0.25) is 0 Å². The molecule has 0 aliphatic carbocycles. The van der Waals surface area contributed by atoms with Gasteiger partial charge in [-0.05, 0) is 17.7 Å². The highest BCUT2D eigenvalue weighted by molar-refractivity contribution is 6.30. The number of ether oxygens (including phenoxy) is 1. The molecule has 1 saturated heterocycles. The molecule has 0 bridgehead atoms. The van der Waals surface area contributed by atoms with Crippen LogP contribution in [0, 0.1) is 0 Å². The fourth-order valence-electron chi connectivity index (χ4n) is 2.22. The van der Waals surface area contributed by atoms with Crippen LogP contribution >= 0.6 is 11.6 Å². The molecule has 1 unspecified atom stereocenters. The van der Waals surface area contributed by atoms with E-state index in [0.29, 0.717) is 29.6 Å². The Hall–Kier alpha value is -1.43. The maximum absolute atomic E-state index is 5.96. The van der Waals surface area contributed by atoms with Gasteiger partial charge in [0.2, 0.25) is 5.89 Å². The van der Waals surface area contributed by atoms with E-state index in [1.54, 1.807) is 0 Å². The second-order valence-electron chi connectivity index (χ2n) is 4.81. The van der Waals surface area contributed by atoms with Crippen molar-refractivity contribution < 1.29 is 9.26 Å². The summed E-state index contributed by atoms with van der Waals surface area (Å²) in [5, 5.41) is 8.00. The molecule has 0 saturated carbocycles. The number of benzene rings is 1. The molecule has 3 rings (SSSR count). The Morgan fingerprint density at radius 3 is 3.15 bits per heavy atom. The molecule has 0 spiro atoms. The minimum absolute atomic E-state index is 0.114. The van der Waals surface area contributed by atoms with Crippen LogP contribution in [0.15, 0.2) is 28.8 Å². The van der Waals surface area contributed by atoms with Crippen molar-refractivity contribution in [3.8, 4) is 0 Å². The average Bonchev–Trinajstić information content (AvgIpc) is 2.87. The molecule has 0 radical (unpaired) electrons. The van der Waals surface area contributed by atoms with Crippen LogP contribution in [-0.2, 0) is 17.6 Å². The standard InChI is InChI=1S/C14H16ClN3O2/c15-11-3-1-2-10(6-11)7-13-17-14(20-18-13)8-12-9-16-4-5-19-12/h1-3,6,12,16H,4-5,7-9H2. The Balaban J connectivity index is 1.61. The first-order valence-corrected chi connectivity index (χ1v) is 7.05. The van der Waals surface area contributed by atoms with E-state index in [2.05, 4.69) is 15.5 Å². The number of aromatic nitrogens is 2. The third-order valence-corrected chi connectivity index (χ3v) is 3.40. The van der Waals surface area contributed by atoms with Crippen LogP contribution in [0.3, 0.4) is 0 Å². The summed E-state index contributed by atoms with van der Waals surface area (Å²) in [7, 11) is 0. The molecule has 0 amide bonds. The lowest BCUT2D eigenvalue weighted by molar-refractivity contribution is 0.0246. The van der Waals surface area contributed by atoms with Gasteiger partial charge in [0, 0.05) is 24.5 Å². The van der Waals surface area contributed by atoms with Gasteiger partial charge in [0.25, 0.3) is 0 Å². The minimum Gasteiger partial charge on any atom is -0.375 e. The van der Waals surface area contributed by atoms with Crippen LogP contribution in [0.5, 0.6) is 0 Å². The molecule has 1 aromatic heterocycles. The van der Waals surface area contributed by atoms with Gasteiger partial charge >= 0.3 is 0 Å². The topological polar surface area (TPSA) is 60.2 Å². The third kappa shape index (κ3) is 3.56. The van der Waals surface area contributed by atoms with E-state index < -0.39 is 0 Å². The van der Waals surface area contributed by atoms with Crippen molar-refractivity contribution in [3.63, 3.8) is 0 Å². The fraction of sp³-hybridized carbons (Fsp3) is 0.429. The molecule has 1 aromatic carbocycles. The zero-order valence-electron chi connectivity index (χ0n) is 11.0. The number of halogens is 1. The molecule has 1 N–H and O–H groups in total. The van der Waals surface area contributed by atoms with Crippen molar-refractivity contribution in [1.29, 1.82) is 0 Å². The number of hydrogen-bond acceptors (Lipinski definition) is 5. The monoisotopic (exact) mass is 293 g/mol. The predicted octanol–water partition coefficient (Wildman–Crippen LogP) is 1.84.